The molecule has 1 saturated heterocycles. The molecule has 3 heterocycles. The number of amides is 2. The molecule has 0 aromatic carbocycles. The highest BCUT2D eigenvalue weighted by Gasteiger charge is 2.31. The van der Waals surface area contributed by atoms with Gasteiger partial charge in [0.05, 0.1) is 13.2 Å². The topological polar surface area (TPSA) is 63.1 Å². The summed E-state index contributed by atoms with van der Waals surface area (Å²) in [6, 6.07) is 2.74. The fourth-order valence-corrected chi connectivity index (χ4v) is 4.78. The maximum absolute atomic E-state index is 12.5. The predicted molar refractivity (Wildman–Crippen MR) is 96.9 cm³/mol. The summed E-state index contributed by atoms with van der Waals surface area (Å²) < 4.78 is 5.03. The number of nitrogens with one attached hydrogen (secondary N) is 2. The number of likely N-dealkylation sites (tertiary alicyclic amines) is 1. The number of thiophene rings is 1. The first-order valence-corrected chi connectivity index (χ1v) is 10.1. The number of hydrogen-bond acceptors (Lipinski definition) is 4. The lowest BCUT2D eigenvalue weighted by atomic mass is 10.0. The fourth-order valence-electron chi connectivity index (χ4n) is 3.80. The molecule has 0 aliphatic carbocycles. The van der Waals surface area contributed by atoms with Crippen LogP contribution >= 0.6 is 11.3 Å². The summed E-state index contributed by atoms with van der Waals surface area (Å²) in [6.45, 7) is 7.26. The standard InChI is InChI=1S/C18H27N3O3S/c1-3-24-18(23)20-8-4-14(5-9-20)19-17(22)12-21-10-6-16-15(13(21)2)7-11-25-16/h7,11,13-14H,3-6,8-10,12H2,1-2H3,(H,19,22)/p+1/t13-/m0/s1. The molecule has 25 heavy (non-hydrogen) atoms. The first-order chi connectivity index (χ1) is 12.1. The molecule has 7 heteroatoms. The van der Waals surface area contributed by atoms with E-state index < -0.39 is 0 Å². The van der Waals surface area contributed by atoms with E-state index in [1.807, 2.05) is 18.3 Å². The van der Waals surface area contributed by atoms with Crippen molar-refractivity contribution < 1.29 is 19.2 Å². The van der Waals surface area contributed by atoms with Crippen molar-refractivity contribution in [1.82, 2.24) is 10.2 Å². The van der Waals surface area contributed by atoms with Crippen LogP contribution in [0.15, 0.2) is 11.4 Å². The van der Waals surface area contributed by atoms with Gasteiger partial charge in [0.2, 0.25) is 0 Å². The van der Waals surface area contributed by atoms with E-state index in [4.69, 9.17) is 4.74 Å². The van der Waals surface area contributed by atoms with Gasteiger partial charge in [-0.1, -0.05) is 0 Å². The molecule has 2 amide bonds. The van der Waals surface area contributed by atoms with Gasteiger partial charge in [0, 0.05) is 36.0 Å². The van der Waals surface area contributed by atoms with Gasteiger partial charge in [-0.25, -0.2) is 4.79 Å². The minimum Gasteiger partial charge on any atom is -0.450 e. The monoisotopic (exact) mass is 366 g/mol. The Bertz CT molecular complexity index is 610. The van der Waals surface area contributed by atoms with Crippen LogP contribution in [-0.4, -0.2) is 55.7 Å². The summed E-state index contributed by atoms with van der Waals surface area (Å²) in [7, 11) is 0. The smallest absolute Gasteiger partial charge is 0.409 e. The Morgan fingerprint density at radius 1 is 1.40 bits per heavy atom. The second kappa shape index (κ2) is 8.19. The van der Waals surface area contributed by atoms with Gasteiger partial charge in [0.15, 0.2) is 6.54 Å². The van der Waals surface area contributed by atoms with Crippen LogP contribution in [0.1, 0.15) is 43.2 Å². The fraction of sp³-hybridized carbons (Fsp3) is 0.667. The number of fused-ring (bicyclic) bond motifs is 1. The molecule has 0 saturated carbocycles. The van der Waals surface area contributed by atoms with Crippen molar-refractivity contribution in [2.75, 3.05) is 32.8 Å². The third kappa shape index (κ3) is 4.33. The molecule has 2 aliphatic heterocycles. The molecule has 138 valence electrons. The average Bonchev–Trinajstić information content (AvgIpc) is 3.08. The zero-order valence-corrected chi connectivity index (χ0v) is 15.9. The van der Waals surface area contributed by atoms with Crippen molar-refractivity contribution in [3.05, 3.63) is 21.9 Å². The van der Waals surface area contributed by atoms with Crippen LogP contribution in [0.25, 0.3) is 0 Å². The zero-order chi connectivity index (χ0) is 17.8. The second-order valence-electron chi connectivity index (χ2n) is 6.88. The Kier molecular flexibility index (Phi) is 5.96. The Hall–Kier alpha value is -1.60. The van der Waals surface area contributed by atoms with Crippen LogP contribution in [0.3, 0.4) is 0 Å². The zero-order valence-electron chi connectivity index (χ0n) is 15.0. The van der Waals surface area contributed by atoms with Crippen LogP contribution in [0.2, 0.25) is 0 Å². The van der Waals surface area contributed by atoms with Crippen LogP contribution in [0, 0.1) is 0 Å². The Labute approximate surface area is 153 Å². The average molecular weight is 367 g/mol. The molecule has 0 bridgehead atoms. The molecular weight excluding hydrogens is 338 g/mol. The van der Waals surface area contributed by atoms with Gasteiger partial charge in [0.25, 0.3) is 5.91 Å². The summed E-state index contributed by atoms with van der Waals surface area (Å²) in [5.41, 5.74) is 1.40. The first-order valence-electron chi connectivity index (χ1n) is 9.20. The summed E-state index contributed by atoms with van der Waals surface area (Å²) in [5.74, 6) is 0.120. The lowest BCUT2D eigenvalue weighted by Gasteiger charge is -2.33. The molecule has 0 spiro atoms. The van der Waals surface area contributed by atoms with Gasteiger partial charge in [-0.15, -0.1) is 11.3 Å². The molecule has 1 aromatic heterocycles. The summed E-state index contributed by atoms with van der Waals surface area (Å²) in [4.78, 5) is 28.7. The Morgan fingerprint density at radius 2 is 2.16 bits per heavy atom. The number of hydrogen-bond donors (Lipinski definition) is 2. The highest BCUT2D eigenvalue weighted by molar-refractivity contribution is 7.10. The van der Waals surface area contributed by atoms with E-state index in [9.17, 15) is 9.59 Å². The molecule has 1 unspecified atom stereocenters. The number of rotatable bonds is 4. The van der Waals surface area contributed by atoms with Gasteiger partial charge >= 0.3 is 6.09 Å². The maximum atomic E-state index is 12.5. The molecule has 3 rings (SSSR count). The van der Waals surface area contributed by atoms with E-state index in [-0.39, 0.29) is 18.0 Å². The van der Waals surface area contributed by atoms with Gasteiger partial charge in [-0.05, 0) is 38.1 Å². The normalized spacial score (nSPS) is 23.8. The number of carbonyl (C=O) groups is 2. The quantitative estimate of drug-likeness (QED) is 0.835. The van der Waals surface area contributed by atoms with Crippen LogP contribution < -0.4 is 10.2 Å². The third-order valence-electron chi connectivity index (χ3n) is 5.31. The van der Waals surface area contributed by atoms with E-state index in [0.717, 1.165) is 25.8 Å². The first kappa shape index (κ1) is 18.2. The molecule has 6 nitrogen and oxygen atoms in total. The number of nitrogens with zero attached hydrogens (tertiary/aromatic N) is 1. The van der Waals surface area contributed by atoms with Crippen molar-refractivity contribution in [2.45, 2.75) is 45.2 Å². The summed E-state index contributed by atoms with van der Waals surface area (Å²) in [6.07, 6.45) is 2.41. The van der Waals surface area contributed by atoms with E-state index in [0.29, 0.717) is 32.3 Å². The van der Waals surface area contributed by atoms with E-state index >= 15 is 0 Å². The lowest BCUT2D eigenvalue weighted by molar-refractivity contribution is -0.924. The van der Waals surface area contributed by atoms with Crippen molar-refractivity contribution >= 4 is 23.3 Å². The third-order valence-corrected chi connectivity index (χ3v) is 6.30. The molecule has 2 aliphatic rings. The SMILES string of the molecule is CCOC(=O)N1CCC(NC(=O)C[NH+]2CCc3sccc3[C@@H]2C)CC1. The lowest BCUT2D eigenvalue weighted by Crippen LogP contribution is -3.14. The van der Waals surface area contributed by atoms with Crippen LogP contribution in [0.5, 0.6) is 0 Å². The largest absolute Gasteiger partial charge is 0.450 e. The molecule has 0 radical (unpaired) electrons. The predicted octanol–water partition coefficient (Wildman–Crippen LogP) is 0.987. The van der Waals surface area contributed by atoms with Gasteiger partial charge < -0.3 is 19.9 Å². The molecular formula is C18H28N3O3S+. The summed E-state index contributed by atoms with van der Waals surface area (Å²) in [5, 5.41) is 5.31. The Balaban J connectivity index is 1.44. The van der Waals surface area contributed by atoms with E-state index in [1.165, 1.54) is 15.3 Å². The van der Waals surface area contributed by atoms with E-state index in [1.54, 1.807) is 4.90 Å². The number of carbonyl (C=O) groups excluding carboxylic acids is 2. The van der Waals surface area contributed by atoms with Gasteiger partial charge in [0.1, 0.15) is 6.04 Å². The van der Waals surface area contributed by atoms with E-state index in [2.05, 4.69) is 23.7 Å². The highest BCUT2D eigenvalue weighted by Crippen LogP contribution is 2.24. The molecule has 1 aromatic rings. The second-order valence-corrected chi connectivity index (χ2v) is 7.88. The number of ether oxygens (including phenoxy) is 1. The number of quaternary nitrogens is 1. The van der Waals surface area contributed by atoms with Crippen molar-refractivity contribution in [3.8, 4) is 0 Å². The molecule has 2 N–H and O–H groups in total. The Morgan fingerprint density at radius 3 is 2.88 bits per heavy atom. The number of piperidine rings is 1. The minimum atomic E-state index is -0.245. The van der Waals surface area contributed by atoms with Crippen molar-refractivity contribution in [2.24, 2.45) is 0 Å². The van der Waals surface area contributed by atoms with Crippen LogP contribution in [-0.2, 0) is 16.0 Å². The van der Waals surface area contributed by atoms with Crippen LogP contribution in [0.4, 0.5) is 4.79 Å². The minimum absolute atomic E-state index is 0.120. The summed E-state index contributed by atoms with van der Waals surface area (Å²) >= 11 is 1.83. The molecule has 1 fully saturated rings. The van der Waals surface area contributed by atoms with Gasteiger partial charge in [-0.3, -0.25) is 4.79 Å². The van der Waals surface area contributed by atoms with Crippen molar-refractivity contribution in [3.63, 3.8) is 0 Å². The maximum Gasteiger partial charge on any atom is 0.409 e. The molecule has 2 atom stereocenters. The van der Waals surface area contributed by atoms with Crippen molar-refractivity contribution in [1.29, 1.82) is 0 Å². The van der Waals surface area contributed by atoms with Gasteiger partial charge in [-0.2, -0.15) is 0 Å². The highest BCUT2D eigenvalue weighted by atomic mass is 32.1.